The van der Waals surface area contributed by atoms with Gasteiger partial charge < -0.3 is 9.84 Å². The molecule has 112 valence electrons. The van der Waals surface area contributed by atoms with Crippen molar-refractivity contribution in [3.05, 3.63) is 47.3 Å². The minimum atomic E-state index is -4.48. The number of aliphatic hydroxyl groups is 1. The first-order valence-electron chi connectivity index (χ1n) is 6.44. The molecule has 0 radical (unpaired) electrons. The van der Waals surface area contributed by atoms with Gasteiger partial charge in [0.05, 0.1) is 31.2 Å². The molecule has 0 unspecified atom stereocenters. The van der Waals surface area contributed by atoms with Gasteiger partial charge in [-0.15, -0.1) is 0 Å². The predicted molar refractivity (Wildman–Crippen MR) is 68.0 cm³/mol. The van der Waals surface area contributed by atoms with Crippen LogP contribution in [-0.2, 0) is 17.5 Å². The van der Waals surface area contributed by atoms with E-state index in [1.54, 1.807) is 24.3 Å². The maximum absolute atomic E-state index is 12.9. The summed E-state index contributed by atoms with van der Waals surface area (Å²) in [5, 5.41) is 12.7. The van der Waals surface area contributed by atoms with Crippen molar-refractivity contribution < 1.29 is 23.0 Å². The zero-order valence-electron chi connectivity index (χ0n) is 11.0. The van der Waals surface area contributed by atoms with E-state index in [1.807, 2.05) is 0 Å². The van der Waals surface area contributed by atoms with Crippen LogP contribution >= 0.6 is 0 Å². The molecule has 21 heavy (non-hydrogen) atoms. The lowest BCUT2D eigenvalue weighted by molar-refractivity contribution is -0.141. The SMILES string of the molecule is OCc1ccc(-n2nc(C(F)(F)F)cc2C2COC2)cc1. The van der Waals surface area contributed by atoms with Crippen LogP contribution in [0.15, 0.2) is 30.3 Å². The molecule has 2 heterocycles. The first-order valence-corrected chi connectivity index (χ1v) is 6.44. The summed E-state index contributed by atoms with van der Waals surface area (Å²) < 4.78 is 44.9. The Kier molecular flexibility index (Phi) is 3.46. The van der Waals surface area contributed by atoms with Crippen molar-refractivity contribution in [1.29, 1.82) is 0 Å². The molecule has 7 heteroatoms. The quantitative estimate of drug-likeness (QED) is 0.947. The van der Waals surface area contributed by atoms with Gasteiger partial charge in [-0.1, -0.05) is 12.1 Å². The van der Waals surface area contributed by atoms with Crippen molar-refractivity contribution in [2.24, 2.45) is 0 Å². The van der Waals surface area contributed by atoms with Crippen LogP contribution in [0.25, 0.3) is 5.69 Å². The van der Waals surface area contributed by atoms with Crippen LogP contribution in [0.5, 0.6) is 0 Å². The van der Waals surface area contributed by atoms with Crippen molar-refractivity contribution in [2.45, 2.75) is 18.7 Å². The zero-order valence-corrected chi connectivity index (χ0v) is 11.0. The van der Waals surface area contributed by atoms with E-state index < -0.39 is 11.9 Å². The van der Waals surface area contributed by atoms with Crippen molar-refractivity contribution in [3.63, 3.8) is 0 Å². The highest BCUT2D eigenvalue weighted by molar-refractivity contribution is 5.37. The van der Waals surface area contributed by atoms with Gasteiger partial charge in [0.1, 0.15) is 0 Å². The second kappa shape index (κ2) is 5.16. The molecule has 0 bridgehead atoms. The van der Waals surface area contributed by atoms with E-state index in [-0.39, 0.29) is 12.5 Å². The third-order valence-corrected chi connectivity index (χ3v) is 3.45. The fraction of sp³-hybridized carbons (Fsp3) is 0.357. The summed E-state index contributed by atoms with van der Waals surface area (Å²) in [5.41, 5.74) is 0.807. The van der Waals surface area contributed by atoms with Gasteiger partial charge in [0.25, 0.3) is 0 Å². The molecule has 1 aliphatic rings. The first-order chi connectivity index (χ1) is 9.99. The second-order valence-corrected chi connectivity index (χ2v) is 4.92. The fourth-order valence-electron chi connectivity index (χ4n) is 2.18. The van der Waals surface area contributed by atoms with Crippen LogP contribution in [-0.4, -0.2) is 28.1 Å². The van der Waals surface area contributed by atoms with Gasteiger partial charge >= 0.3 is 6.18 Å². The molecule has 1 aliphatic heterocycles. The van der Waals surface area contributed by atoms with E-state index in [0.29, 0.717) is 30.2 Å². The second-order valence-electron chi connectivity index (χ2n) is 4.92. The summed E-state index contributed by atoms with van der Waals surface area (Å²) in [6.07, 6.45) is -4.48. The molecule has 0 aliphatic carbocycles. The normalized spacial score (nSPS) is 16.0. The highest BCUT2D eigenvalue weighted by atomic mass is 19.4. The maximum atomic E-state index is 12.9. The predicted octanol–water partition coefficient (Wildman–Crippen LogP) is 2.50. The smallest absolute Gasteiger partial charge is 0.392 e. The number of aromatic nitrogens is 2. The number of hydrogen-bond acceptors (Lipinski definition) is 3. The van der Waals surface area contributed by atoms with E-state index >= 15 is 0 Å². The number of nitrogens with zero attached hydrogens (tertiary/aromatic N) is 2. The molecular weight excluding hydrogens is 285 g/mol. The fourth-order valence-corrected chi connectivity index (χ4v) is 2.18. The Morgan fingerprint density at radius 1 is 1.24 bits per heavy atom. The van der Waals surface area contributed by atoms with Crippen molar-refractivity contribution in [1.82, 2.24) is 9.78 Å². The monoisotopic (exact) mass is 298 g/mol. The van der Waals surface area contributed by atoms with Crippen molar-refractivity contribution in [3.8, 4) is 5.69 Å². The van der Waals surface area contributed by atoms with Crippen molar-refractivity contribution >= 4 is 0 Å². The number of ether oxygens (including phenoxy) is 1. The van der Waals surface area contributed by atoms with E-state index in [4.69, 9.17) is 9.84 Å². The Morgan fingerprint density at radius 2 is 1.90 bits per heavy atom. The van der Waals surface area contributed by atoms with E-state index in [9.17, 15) is 13.2 Å². The van der Waals surface area contributed by atoms with Crippen LogP contribution < -0.4 is 0 Å². The Bertz CT molecular complexity index is 631. The average Bonchev–Trinajstić information content (AvgIpc) is 2.81. The lowest BCUT2D eigenvalue weighted by Gasteiger charge is -2.26. The molecule has 1 saturated heterocycles. The minimum absolute atomic E-state index is 0.0777. The molecule has 1 aromatic carbocycles. The third-order valence-electron chi connectivity index (χ3n) is 3.45. The van der Waals surface area contributed by atoms with Crippen LogP contribution in [0.3, 0.4) is 0 Å². The first kappa shape index (κ1) is 14.1. The molecule has 4 nitrogen and oxygen atoms in total. The maximum Gasteiger partial charge on any atom is 0.435 e. The molecule has 2 aromatic rings. The van der Waals surface area contributed by atoms with Gasteiger partial charge in [0, 0.05) is 5.92 Å². The van der Waals surface area contributed by atoms with Gasteiger partial charge in [0.15, 0.2) is 5.69 Å². The van der Waals surface area contributed by atoms with Crippen LogP contribution in [0, 0.1) is 0 Å². The van der Waals surface area contributed by atoms with Crippen LogP contribution in [0.1, 0.15) is 22.9 Å². The molecule has 0 spiro atoms. The Labute approximate surface area is 118 Å². The lowest BCUT2D eigenvalue weighted by Crippen LogP contribution is -2.27. The molecule has 1 N–H and O–H groups in total. The number of benzene rings is 1. The third kappa shape index (κ3) is 2.66. The van der Waals surface area contributed by atoms with E-state index in [2.05, 4.69) is 5.10 Å². The average molecular weight is 298 g/mol. The summed E-state index contributed by atoms with van der Waals surface area (Å²) in [7, 11) is 0. The summed E-state index contributed by atoms with van der Waals surface area (Å²) >= 11 is 0. The van der Waals surface area contributed by atoms with Gasteiger partial charge in [-0.2, -0.15) is 18.3 Å². The number of alkyl halides is 3. The van der Waals surface area contributed by atoms with E-state index in [0.717, 1.165) is 6.07 Å². The molecular formula is C14H13F3N2O2. The zero-order chi connectivity index (χ0) is 15.0. The lowest BCUT2D eigenvalue weighted by atomic mass is 10.0. The molecule has 0 atom stereocenters. The highest BCUT2D eigenvalue weighted by Crippen LogP contribution is 2.33. The van der Waals surface area contributed by atoms with Gasteiger partial charge in [-0.25, -0.2) is 4.68 Å². The van der Waals surface area contributed by atoms with Gasteiger partial charge in [-0.05, 0) is 23.8 Å². The van der Waals surface area contributed by atoms with Crippen LogP contribution in [0.4, 0.5) is 13.2 Å². The van der Waals surface area contributed by atoms with Crippen molar-refractivity contribution in [2.75, 3.05) is 13.2 Å². The van der Waals surface area contributed by atoms with Gasteiger partial charge in [0.2, 0.25) is 0 Å². The molecule has 1 aromatic heterocycles. The molecule has 0 saturated carbocycles. The summed E-state index contributed by atoms with van der Waals surface area (Å²) in [6.45, 7) is 0.686. The molecule has 1 fully saturated rings. The summed E-state index contributed by atoms with van der Waals surface area (Å²) in [6, 6.07) is 7.67. The Balaban J connectivity index is 2.04. The topological polar surface area (TPSA) is 47.3 Å². The molecule has 3 rings (SSSR count). The number of hydrogen-bond donors (Lipinski definition) is 1. The van der Waals surface area contributed by atoms with Gasteiger partial charge in [-0.3, -0.25) is 0 Å². The largest absolute Gasteiger partial charge is 0.435 e. The summed E-state index contributed by atoms with van der Waals surface area (Å²) in [5.74, 6) is -0.0777. The minimum Gasteiger partial charge on any atom is -0.392 e. The summed E-state index contributed by atoms with van der Waals surface area (Å²) in [4.78, 5) is 0. The van der Waals surface area contributed by atoms with E-state index in [1.165, 1.54) is 4.68 Å². The number of halogens is 3. The molecule has 0 amide bonds. The van der Waals surface area contributed by atoms with Crippen LogP contribution in [0.2, 0.25) is 0 Å². The standard InChI is InChI=1S/C14H13F3N2O2/c15-14(16,17)13-5-12(10-7-21-8-10)19(18-13)11-3-1-9(6-20)2-4-11/h1-5,10,20H,6-8H2. The number of rotatable bonds is 3. The number of aliphatic hydroxyl groups excluding tert-OH is 1. The Hall–Kier alpha value is -1.86. The highest BCUT2D eigenvalue weighted by Gasteiger charge is 2.37. The Morgan fingerprint density at radius 3 is 2.38 bits per heavy atom.